The van der Waals surface area contributed by atoms with Gasteiger partial charge in [-0.05, 0) is 42.1 Å². The first-order valence-electron chi connectivity index (χ1n) is 9.07. The van der Waals surface area contributed by atoms with Crippen LogP contribution in [0.3, 0.4) is 0 Å². The molecule has 1 amide bonds. The van der Waals surface area contributed by atoms with Crippen LogP contribution in [-0.4, -0.2) is 46.6 Å². The van der Waals surface area contributed by atoms with E-state index in [2.05, 4.69) is 19.9 Å². The summed E-state index contributed by atoms with van der Waals surface area (Å²) in [6, 6.07) is 12.7. The van der Waals surface area contributed by atoms with Crippen molar-refractivity contribution in [2.75, 3.05) is 22.5 Å². The zero-order chi connectivity index (χ0) is 20.9. The smallest absolute Gasteiger partial charge is 0.257 e. The molecule has 3 heterocycles. The molecule has 0 bridgehead atoms. The number of fused-ring (bicyclic) bond motifs is 3. The van der Waals surface area contributed by atoms with Crippen LogP contribution in [0, 0.1) is 0 Å². The number of amides is 1. The minimum Gasteiger partial charge on any atom is -0.322 e. The molecule has 0 fully saturated rings. The Labute approximate surface area is 176 Å². The molecule has 5 rings (SSSR count). The van der Waals surface area contributed by atoms with Gasteiger partial charge >= 0.3 is 0 Å². The molecular formula is C19H16N6O3S2. The number of thioether (sulfide) groups is 1. The second kappa shape index (κ2) is 6.96. The Morgan fingerprint density at radius 1 is 1.20 bits per heavy atom. The van der Waals surface area contributed by atoms with E-state index in [1.54, 1.807) is 29.1 Å². The standard InChI is InChI=1S/C19H16N6O3S2/c1-24-11-20-22-17(24)12-3-2-4-14(9-12)21-18(26)13-5-6-15-16(10-13)29-19-23-30(27,28)8-7-25(15)19/h2-6,9-11H,7-8H2,1H3,(H,21,26). The fourth-order valence-corrected chi connectivity index (χ4v) is 5.65. The Morgan fingerprint density at radius 2 is 2.07 bits per heavy atom. The molecule has 0 saturated carbocycles. The van der Waals surface area contributed by atoms with Crippen LogP contribution in [0.5, 0.6) is 0 Å². The van der Waals surface area contributed by atoms with E-state index in [9.17, 15) is 13.2 Å². The monoisotopic (exact) mass is 440 g/mol. The van der Waals surface area contributed by atoms with Crippen molar-refractivity contribution in [3.63, 3.8) is 0 Å². The normalized spacial score (nSPS) is 16.6. The Morgan fingerprint density at radius 3 is 2.87 bits per heavy atom. The minimum atomic E-state index is -3.41. The van der Waals surface area contributed by atoms with Crippen LogP contribution < -0.4 is 10.2 Å². The molecule has 0 saturated heterocycles. The first kappa shape index (κ1) is 18.8. The van der Waals surface area contributed by atoms with Crippen LogP contribution >= 0.6 is 11.8 Å². The predicted octanol–water partition coefficient (Wildman–Crippen LogP) is 2.35. The SMILES string of the molecule is Cn1cnnc1-c1cccc(NC(=O)c2ccc3c(c2)SC2=NS(=O)(=O)CCN23)c1. The number of hydrogen-bond acceptors (Lipinski definition) is 7. The molecule has 0 atom stereocenters. The van der Waals surface area contributed by atoms with Gasteiger partial charge in [0.25, 0.3) is 15.9 Å². The van der Waals surface area contributed by atoms with Crippen molar-refractivity contribution < 1.29 is 13.2 Å². The van der Waals surface area contributed by atoms with Crippen LogP contribution in [0.4, 0.5) is 11.4 Å². The van der Waals surface area contributed by atoms with Crippen molar-refractivity contribution in [1.29, 1.82) is 0 Å². The summed E-state index contributed by atoms with van der Waals surface area (Å²) >= 11 is 1.26. The molecule has 3 aromatic rings. The summed E-state index contributed by atoms with van der Waals surface area (Å²) in [5, 5.41) is 11.3. The van der Waals surface area contributed by atoms with Gasteiger partial charge in [0.05, 0.1) is 11.4 Å². The van der Waals surface area contributed by atoms with Crippen LogP contribution in [-0.2, 0) is 17.1 Å². The zero-order valence-electron chi connectivity index (χ0n) is 15.8. The molecule has 1 N–H and O–H groups in total. The molecule has 9 nitrogen and oxygen atoms in total. The van der Waals surface area contributed by atoms with Gasteiger partial charge < -0.3 is 14.8 Å². The maximum atomic E-state index is 12.8. The van der Waals surface area contributed by atoms with Crippen LogP contribution in [0.25, 0.3) is 11.4 Å². The summed E-state index contributed by atoms with van der Waals surface area (Å²) in [6.07, 6.45) is 1.62. The summed E-state index contributed by atoms with van der Waals surface area (Å²) in [6.45, 7) is 0.363. The molecule has 11 heteroatoms. The van der Waals surface area contributed by atoms with E-state index in [4.69, 9.17) is 0 Å². The van der Waals surface area contributed by atoms with E-state index in [1.807, 2.05) is 36.2 Å². The van der Waals surface area contributed by atoms with Crippen molar-refractivity contribution in [2.24, 2.45) is 11.4 Å². The number of benzene rings is 2. The van der Waals surface area contributed by atoms with Gasteiger partial charge in [0.15, 0.2) is 11.0 Å². The molecule has 0 radical (unpaired) electrons. The summed E-state index contributed by atoms with van der Waals surface area (Å²) in [4.78, 5) is 15.5. The summed E-state index contributed by atoms with van der Waals surface area (Å²) in [5.74, 6) is 0.431. The van der Waals surface area contributed by atoms with Crippen molar-refractivity contribution in [3.8, 4) is 11.4 Å². The number of carbonyl (C=O) groups excluding carboxylic acids is 1. The quantitative estimate of drug-likeness (QED) is 0.666. The van der Waals surface area contributed by atoms with E-state index in [1.165, 1.54) is 11.8 Å². The lowest BCUT2D eigenvalue weighted by atomic mass is 10.1. The number of nitrogens with one attached hydrogen (secondary N) is 1. The maximum Gasteiger partial charge on any atom is 0.257 e. The molecule has 2 aliphatic heterocycles. The number of hydrogen-bond donors (Lipinski definition) is 1. The highest BCUT2D eigenvalue weighted by atomic mass is 32.2. The van der Waals surface area contributed by atoms with Gasteiger partial charge in [-0.3, -0.25) is 4.79 Å². The highest BCUT2D eigenvalue weighted by Crippen LogP contribution is 2.42. The Balaban J connectivity index is 1.39. The Hall–Kier alpha value is -3.18. The van der Waals surface area contributed by atoms with Crippen molar-refractivity contribution in [1.82, 2.24) is 14.8 Å². The molecule has 30 heavy (non-hydrogen) atoms. The lowest BCUT2D eigenvalue weighted by molar-refractivity contribution is 0.102. The molecule has 0 unspecified atom stereocenters. The molecule has 2 aromatic carbocycles. The van der Waals surface area contributed by atoms with E-state index in [-0.39, 0.29) is 11.7 Å². The second-order valence-electron chi connectivity index (χ2n) is 6.90. The summed E-state index contributed by atoms with van der Waals surface area (Å²) < 4.78 is 29.2. The molecule has 1 aromatic heterocycles. The van der Waals surface area contributed by atoms with Gasteiger partial charge in [-0.1, -0.05) is 12.1 Å². The molecule has 2 aliphatic rings. The first-order chi connectivity index (χ1) is 14.4. The number of aryl methyl sites for hydroxylation is 1. The fourth-order valence-electron chi connectivity index (χ4n) is 3.36. The summed E-state index contributed by atoms with van der Waals surface area (Å²) in [7, 11) is -1.56. The van der Waals surface area contributed by atoms with E-state index >= 15 is 0 Å². The van der Waals surface area contributed by atoms with Crippen molar-refractivity contribution in [2.45, 2.75) is 4.90 Å². The lowest BCUT2D eigenvalue weighted by Crippen LogP contribution is -2.35. The number of amidine groups is 1. The third-order valence-electron chi connectivity index (χ3n) is 4.82. The van der Waals surface area contributed by atoms with Gasteiger partial charge in [-0.25, -0.2) is 8.42 Å². The first-order valence-corrected chi connectivity index (χ1v) is 11.5. The second-order valence-corrected chi connectivity index (χ2v) is 9.66. The predicted molar refractivity (Wildman–Crippen MR) is 115 cm³/mol. The van der Waals surface area contributed by atoms with E-state index < -0.39 is 10.0 Å². The number of sulfonamides is 1. The third kappa shape index (κ3) is 3.35. The van der Waals surface area contributed by atoms with Gasteiger partial charge in [0, 0.05) is 35.3 Å². The Bertz CT molecular complexity index is 1320. The number of aromatic nitrogens is 3. The van der Waals surface area contributed by atoms with Crippen LogP contribution in [0.2, 0.25) is 0 Å². The van der Waals surface area contributed by atoms with Gasteiger partial charge in [0.2, 0.25) is 0 Å². The van der Waals surface area contributed by atoms with Crippen molar-refractivity contribution >= 4 is 44.2 Å². The lowest BCUT2D eigenvalue weighted by Gasteiger charge is -2.22. The molecule has 152 valence electrons. The number of rotatable bonds is 3. The van der Waals surface area contributed by atoms with Gasteiger partial charge in [-0.2, -0.15) is 0 Å². The zero-order valence-corrected chi connectivity index (χ0v) is 17.4. The topological polar surface area (TPSA) is 110 Å². The third-order valence-corrected chi connectivity index (χ3v) is 7.13. The number of anilines is 2. The maximum absolute atomic E-state index is 12.8. The number of carbonyl (C=O) groups is 1. The van der Waals surface area contributed by atoms with E-state index in [0.717, 1.165) is 16.1 Å². The Kier molecular flexibility index (Phi) is 4.36. The average molecular weight is 441 g/mol. The highest BCUT2D eigenvalue weighted by molar-refractivity contribution is 8.15. The van der Waals surface area contributed by atoms with Crippen molar-refractivity contribution in [3.05, 3.63) is 54.4 Å². The van der Waals surface area contributed by atoms with Gasteiger partial charge in [0.1, 0.15) is 6.33 Å². The fraction of sp³-hybridized carbons (Fsp3) is 0.158. The highest BCUT2D eigenvalue weighted by Gasteiger charge is 2.33. The minimum absolute atomic E-state index is 0.0133. The van der Waals surface area contributed by atoms with Crippen LogP contribution in [0.15, 0.2) is 58.1 Å². The molecule has 0 spiro atoms. The van der Waals surface area contributed by atoms with Crippen LogP contribution in [0.1, 0.15) is 10.4 Å². The molecule has 0 aliphatic carbocycles. The van der Waals surface area contributed by atoms with Gasteiger partial charge in [-0.15, -0.1) is 14.6 Å². The number of nitrogens with zero attached hydrogens (tertiary/aromatic N) is 5. The largest absolute Gasteiger partial charge is 0.322 e. The average Bonchev–Trinajstić information content (AvgIpc) is 3.29. The molecular weight excluding hydrogens is 424 g/mol. The van der Waals surface area contributed by atoms with E-state index in [0.29, 0.717) is 28.8 Å². The summed E-state index contributed by atoms with van der Waals surface area (Å²) in [5.41, 5.74) is 2.83.